The first-order valence-corrected chi connectivity index (χ1v) is 7.52. The highest BCUT2D eigenvalue weighted by Gasteiger charge is 2.43. The summed E-state index contributed by atoms with van der Waals surface area (Å²) in [4.78, 5) is 20.7. The van der Waals surface area contributed by atoms with Crippen LogP contribution in [0.1, 0.15) is 43.4 Å². The molecule has 1 unspecified atom stereocenters. The monoisotopic (exact) mass is 294 g/mol. The van der Waals surface area contributed by atoms with Gasteiger partial charge in [-0.15, -0.1) is 0 Å². The lowest BCUT2D eigenvalue weighted by Crippen LogP contribution is -2.55. The average molecular weight is 294 g/mol. The van der Waals surface area contributed by atoms with Gasteiger partial charge in [-0.2, -0.15) is 4.98 Å². The van der Waals surface area contributed by atoms with E-state index in [0.29, 0.717) is 37.6 Å². The molecule has 1 N–H and O–H groups in total. The van der Waals surface area contributed by atoms with Crippen LogP contribution in [0.15, 0.2) is 4.52 Å². The number of amides is 1. The van der Waals surface area contributed by atoms with Crippen LogP contribution in [-0.2, 0) is 4.79 Å². The molecule has 7 heteroatoms. The molecule has 2 fully saturated rings. The topological polar surface area (TPSA) is 82.7 Å². The van der Waals surface area contributed by atoms with Crippen molar-refractivity contribution in [1.29, 1.82) is 0 Å². The van der Waals surface area contributed by atoms with Gasteiger partial charge < -0.3 is 14.5 Å². The third-order valence-electron chi connectivity index (χ3n) is 4.59. The number of aryl methyl sites for hydroxylation is 1. The largest absolute Gasteiger partial charge is 0.380 e. The van der Waals surface area contributed by atoms with E-state index in [9.17, 15) is 9.90 Å². The van der Waals surface area contributed by atoms with E-state index in [-0.39, 0.29) is 11.9 Å². The zero-order valence-corrected chi connectivity index (χ0v) is 12.6. The van der Waals surface area contributed by atoms with Crippen molar-refractivity contribution in [2.24, 2.45) is 0 Å². The number of aromatic nitrogens is 2. The van der Waals surface area contributed by atoms with Crippen molar-refractivity contribution < 1.29 is 14.4 Å². The molecule has 2 heterocycles. The summed E-state index contributed by atoms with van der Waals surface area (Å²) >= 11 is 0. The van der Waals surface area contributed by atoms with Crippen molar-refractivity contribution in [3.05, 3.63) is 11.7 Å². The van der Waals surface area contributed by atoms with Crippen LogP contribution >= 0.6 is 0 Å². The summed E-state index contributed by atoms with van der Waals surface area (Å²) < 4.78 is 5.25. The molecule has 1 saturated carbocycles. The summed E-state index contributed by atoms with van der Waals surface area (Å²) in [7, 11) is 1.98. The first-order chi connectivity index (χ1) is 9.99. The second kappa shape index (κ2) is 5.38. The molecule has 2 aliphatic rings. The number of piperazine rings is 1. The minimum atomic E-state index is -1.16. The van der Waals surface area contributed by atoms with Gasteiger partial charge in [0.2, 0.25) is 5.89 Å². The third kappa shape index (κ3) is 2.67. The molecule has 21 heavy (non-hydrogen) atoms. The van der Waals surface area contributed by atoms with Crippen LogP contribution in [-0.4, -0.2) is 63.2 Å². The number of hydrogen-bond donors (Lipinski definition) is 1. The normalized spacial score (nSPS) is 26.2. The lowest BCUT2D eigenvalue weighted by Gasteiger charge is -2.40. The SMILES string of the molecule is Cc1noc(C2CN(C(=O)C3(O)CCCC3)CCN2C)n1. The Kier molecular flexibility index (Phi) is 3.71. The molecule has 1 aliphatic carbocycles. The number of rotatable bonds is 2. The quantitative estimate of drug-likeness (QED) is 0.855. The van der Waals surface area contributed by atoms with Crippen LogP contribution < -0.4 is 0 Å². The van der Waals surface area contributed by atoms with E-state index < -0.39 is 5.60 Å². The second-order valence-corrected chi connectivity index (χ2v) is 6.17. The first kappa shape index (κ1) is 14.5. The number of carbonyl (C=O) groups excluding carboxylic acids is 1. The minimum absolute atomic E-state index is 0.103. The number of hydrogen-bond acceptors (Lipinski definition) is 6. The summed E-state index contributed by atoms with van der Waals surface area (Å²) in [6.45, 7) is 3.62. The van der Waals surface area contributed by atoms with Gasteiger partial charge in [0.1, 0.15) is 11.6 Å². The van der Waals surface area contributed by atoms with Gasteiger partial charge in [0, 0.05) is 19.6 Å². The minimum Gasteiger partial charge on any atom is -0.380 e. The first-order valence-electron chi connectivity index (χ1n) is 7.52. The smallest absolute Gasteiger partial charge is 0.254 e. The van der Waals surface area contributed by atoms with Crippen molar-refractivity contribution in [3.8, 4) is 0 Å². The van der Waals surface area contributed by atoms with Crippen molar-refractivity contribution in [2.75, 3.05) is 26.7 Å². The van der Waals surface area contributed by atoms with Gasteiger partial charge >= 0.3 is 0 Å². The predicted octanol–water partition coefficient (Wildman–Crippen LogP) is 0.498. The van der Waals surface area contributed by atoms with E-state index in [1.807, 2.05) is 7.05 Å². The van der Waals surface area contributed by atoms with E-state index in [0.717, 1.165) is 19.4 Å². The molecule has 1 atom stereocenters. The Bertz CT molecular complexity index is 524. The van der Waals surface area contributed by atoms with Crippen LogP contribution in [0.25, 0.3) is 0 Å². The maximum absolute atomic E-state index is 12.6. The lowest BCUT2D eigenvalue weighted by atomic mass is 9.99. The summed E-state index contributed by atoms with van der Waals surface area (Å²) in [5, 5.41) is 14.3. The maximum atomic E-state index is 12.6. The van der Waals surface area contributed by atoms with E-state index in [4.69, 9.17) is 4.52 Å². The molecule has 7 nitrogen and oxygen atoms in total. The van der Waals surface area contributed by atoms with Gasteiger partial charge in [0.05, 0.1) is 0 Å². The molecule has 0 radical (unpaired) electrons. The average Bonchev–Trinajstić information content (AvgIpc) is 3.08. The highest BCUT2D eigenvalue weighted by atomic mass is 16.5. The van der Waals surface area contributed by atoms with Crippen molar-refractivity contribution in [2.45, 2.75) is 44.2 Å². The van der Waals surface area contributed by atoms with Gasteiger partial charge in [0.15, 0.2) is 5.82 Å². The fourth-order valence-corrected chi connectivity index (χ4v) is 3.24. The molecule has 116 valence electrons. The predicted molar refractivity (Wildman–Crippen MR) is 74.4 cm³/mol. The van der Waals surface area contributed by atoms with E-state index in [1.54, 1.807) is 11.8 Å². The molecule has 0 aromatic carbocycles. The van der Waals surface area contributed by atoms with Crippen molar-refractivity contribution >= 4 is 5.91 Å². The van der Waals surface area contributed by atoms with Crippen LogP contribution in [0.5, 0.6) is 0 Å². The Labute approximate surface area is 123 Å². The Morgan fingerprint density at radius 1 is 1.38 bits per heavy atom. The Morgan fingerprint density at radius 3 is 2.71 bits per heavy atom. The lowest BCUT2D eigenvalue weighted by molar-refractivity contribution is -0.153. The molecule has 3 rings (SSSR count). The molecular weight excluding hydrogens is 272 g/mol. The van der Waals surface area contributed by atoms with Gasteiger partial charge in [0.25, 0.3) is 5.91 Å². The zero-order chi connectivity index (χ0) is 15.0. The summed E-state index contributed by atoms with van der Waals surface area (Å²) in [6.07, 6.45) is 2.98. The number of carbonyl (C=O) groups is 1. The molecule has 1 amide bonds. The van der Waals surface area contributed by atoms with Crippen molar-refractivity contribution in [1.82, 2.24) is 19.9 Å². The van der Waals surface area contributed by atoms with Crippen LogP contribution in [0.3, 0.4) is 0 Å². The van der Waals surface area contributed by atoms with Gasteiger partial charge in [-0.1, -0.05) is 5.16 Å². The Balaban J connectivity index is 1.75. The molecule has 1 aromatic heterocycles. The maximum Gasteiger partial charge on any atom is 0.254 e. The number of nitrogens with zero attached hydrogens (tertiary/aromatic N) is 4. The molecule has 0 bridgehead atoms. The summed E-state index contributed by atoms with van der Waals surface area (Å²) in [5.74, 6) is 0.983. The standard InChI is InChI=1S/C14H22N4O3/c1-10-15-12(21-16-10)11-9-18(8-7-17(11)2)13(19)14(20)5-3-4-6-14/h11,20H,3-9H2,1-2H3. The highest BCUT2D eigenvalue weighted by Crippen LogP contribution is 2.33. The van der Waals surface area contributed by atoms with Crippen LogP contribution in [0.4, 0.5) is 0 Å². The number of aliphatic hydroxyl groups is 1. The van der Waals surface area contributed by atoms with E-state index in [2.05, 4.69) is 15.0 Å². The fraction of sp³-hybridized carbons (Fsp3) is 0.786. The van der Waals surface area contributed by atoms with Crippen LogP contribution in [0, 0.1) is 6.92 Å². The number of likely N-dealkylation sites (N-methyl/N-ethyl adjacent to an activating group) is 1. The van der Waals surface area contributed by atoms with Crippen LogP contribution in [0.2, 0.25) is 0 Å². The van der Waals surface area contributed by atoms with Gasteiger partial charge in [-0.05, 0) is 39.7 Å². The molecule has 0 spiro atoms. The molecule has 1 aromatic rings. The van der Waals surface area contributed by atoms with Crippen molar-refractivity contribution in [3.63, 3.8) is 0 Å². The van der Waals surface area contributed by atoms with E-state index in [1.165, 1.54) is 0 Å². The highest BCUT2D eigenvalue weighted by molar-refractivity contribution is 5.85. The Hall–Kier alpha value is -1.47. The third-order valence-corrected chi connectivity index (χ3v) is 4.59. The Morgan fingerprint density at radius 2 is 2.10 bits per heavy atom. The zero-order valence-electron chi connectivity index (χ0n) is 12.6. The molecular formula is C14H22N4O3. The van der Waals surface area contributed by atoms with E-state index >= 15 is 0 Å². The fourth-order valence-electron chi connectivity index (χ4n) is 3.24. The molecule has 1 aliphatic heterocycles. The van der Waals surface area contributed by atoms with Gasteiger partial charge in [-0.3, -0.25) is 9.69 Å². The summed E-state index contributed by atoms with van der Waals surface area (Å²) in [6, 6.07) is -0.103. The van der Waals surface area contributed by atoms with Gasteiger partial charge in [-0.25, -0.2) is 0 Å². The second-order valence-electron chi connectivity index (χ2n) is 6.17. The molecule has 1 saturated heterocycles. The summed E-state index contributed by atoms with van der Waals surface area (Å²) in [5.41, 5.74) is -1.16.